The van der Waals surface area contributed by atoms with Gasteiger partial charge in [-0.2, -0.15) is 0 Å². The van der Waals surface area contributed by atoms with Crippen LogP contribution in [0.3, 0.4) is 0 Å². The molecule has 0 fully saturated rings. The molecule has 5 nitrogen and oxygen atoms in total. The molecule has 0 spiro atoms. The lowest BCUT2D eigenvalue weighted by Crippen LogP contribution is -2.28. The van der Waals surface area contributed by atoms with Crippen molar-refractivity contribution < 1.29 is 9.18 Å². The Morgan fingerprint density at radius 1 is 1.13 bits per heavy atom. The Labute approximate surface area is 135 Å². The Balaban J connectivity index is 1.80. The van der Waals surface area contributed by atoms with E-state index >= 15 is 0 Å². The number of rotatable bonds is 7. The van der Waals surface area contributed by atoms with Crippen LogP contribution in [0.2, 0.25) is 0 Å². The molecular formula is C17H21FN4O. The van der Waals surface area contributed by atoms with Crippen LogP contribution in [0.1, 0.15) is 29.9 Å². The average molecular weight is 316 g/mol. The van der Waals surface area contributed by atoms with Crippen molar-refractivity contribution in [1.82, 2.24) is 15.5 Å². The Bertz CT molecular complexity index is 626. The number of halogens is 1. The SMILES string of the molecule is CC(C)CNC(=O)c1ccc(NCCc2ccc(F)cc2)nn1. The normalized spacial score (nSPS) is 10.6. The van der Waals surface area contributed by atoms with Gasteiger partial charge < -0.3 is 10.6 Å². The standard InChI is InChI=1S/C17H21FN4O/c1-12(2)11-20-17(23)15-7-8-16(22-21-15)19-10-9-13-3-5-14(18)6-4-13/h3-8,12H,9-11H2,1-2H3,(H,19,22)(H,20,23). The van der Waals surface area contributed by atoms with Crippen molar-refractivity contribution in [2.45, 2.75) is 20.3 Å². The second-order valence-electron chi connectivity index (χ2n) is 5.71. The van der Waals surface area contributed by atoms with E-state index < -0.39 is 0 Å². The number of nitrogens with zero attached hydrogens (tertiary/aromatic N) is 2. The molecule has 23 heavy (non-hydrogen) atoms. The van der Waals surface area contributed by atoms with Gasteiger partial charge in [0, 0.05) is 13.1 Å². The molecule has 2 aromatic rings. The van der Waals surface area contributed by atoms with Crippen LogP contribution in [0.15, 0.2) is 36.4 Å². The number of carbonyl (C=O) groups is 1. The zero-order valence-corrected chi connectivity index (χ0v) is 13.3. The zero-order chi connectivity index (χ0) is 16.7. The molecule has 6 heteroatoms. The van der Waals surface area contributed by atoms with Crippen LogP contribution < -0.4 is 10.6 Å². The van der Waals surface area contributed by atoms with Crippen LogP contribution in [-0.4, -0.2) is 29.2 Å². The van der Waals surface area contributed by atoms with Crippen LogP contribution in [0.4, 0.5) is 10.2 Å². The van der Waals surface area contributed by atoms with Crippen molar-refractivity contribution in [2.75, 3.05) is 18.4 Å². The Hall–Kier alpha value is -2.50. The molecule has 0 atom stereocenters. The predicted molar refractivity (Wildman–Crippen MR) is 87.8 cm³/mol. The van der Waals surface area contributed by atoms with Gasteiger partial charge in [-0.15, -0.1) is 10.2 Å². The van der Waals surface area contributed by atoms with E-state index in [1.807, 2.05) is 13.8 Å². The first kappa shape index (κ1) is 16.9. The number of hydrogen-bond acceptors (Lipinski definition) is 4. The molecule has 1 aromatic heterocycles. The van der Waals surface area contributed by atoms with Gasteiger partial charge in [-0.3, -0.25) is 4.79 Å². The molecule has 0 saturated heterocycles. The lowest BCUT2D eigenvalue weighted by Gasteiger charge is -2.08. The summed E-state index contributed by atoms with van der Waals surface area (Å²) in [5.41, 5.74) is 1.34. The first-order valence-corrected chi connectivity index (χ1v) is 7.65. The highest BCUT2D eigenvalue weighted by atomic mass is 19.1. The number of carbonyl (C=O) groups excluding carboxylic acids is 1. The van der Waals surface area contributed by atoms with E-state index in [9.17, 15) is 9.18 Å². The molecule has 0 aliphatic heterocycles. The fourth-order valence-corrected chi connectivity index (χ4v) is 1.92. The maximum atomic E-state index is 12.8. The van der Waals surface area contributed by atoms with Gasteiger partial charge in [0.2, 0.25) is 0 Å². The van der Waals surface area contributed by atoms with E-state index in [-0.39, 0.29) is 11.7 Å². The number of benzene rings is 1. The first-order chi connectivity index (χ1) is 11.0. The van der Waals surface area contributed by atoms with Crippen LogP contribution >= 0.6 is 0 Å². The van der Waals surface area contributed by atoms with E-state index in [0.717, 1.165) is 12.0 Å². The maximum Gasteiger partial charge on any atom is 0.271 e. The fourth-order valence-electron chi connectivity index (χ4n) is 1.92. The summed E-state index contributed by atoms with van der Waals surface area (Å²) in [7, 11) is 0. The molecule has 1 aromatic carbocycles. The van der Waals surface area contributed by atoms with Crippen molar-refractivity contribution in [3.8, 4) is 0 Å². The summed E-state index contributed by atoms with van der Waals surface area (Å²) in [5.74, 6) is 0.537. The lowest BCUT2D eigenvalue weighted by molar-refractivity contribution is 0.0943. The van der Waals surface area contributed by atoms with Crippen molar-refractivity contribution in [3.05, 3.63) is 53.5 Å². The molecule has 0 aliphatic carbocycles. The van der Waals surface area contributed by atoms with E-state index in [0.29, 0.717) is 30.5 Å². The lowest BCUT2D eigenvalue weighted by atomic mass is 10.1. The van der Waals surface area contributed by atoms with Gasteiger partial charge in [-0.05, 0) is 42.2 Å². The summed E-state index contributed by atoms with van der Waals surface area (Å²) in [6, 6.07) is 9.76. The molecular weight excluding hydrogens is 295 g/mol. The fraction of sp³-hybridized carbons (Fsp3) is 0.353. The molecule has 122 valence electrons. The third-order valence-electron chi connectivity index (χ3n) is 3.20. The minimum absolute atomic E-state index is 0.218. The molecule has 1 amide bonds. The predicted octanol–water partition coefficient (Wildman–Crippen LogP) is 2.66. The van der Waals surface area contributed by atoms with E-state index in [4.69, 9.17) is 0 Å². The molecule has 0 bridgehead atoms. The highest BCUT2D eigenvalue weighted by molar-refractivity contribution is 5.92. The number of amides is 1. The third-order valence-corrected chi connectivity index (χ3v) is 3.20. The topological polar surface area (TPSA) is 66.9 Å². The van der Waals surface area contributed by atoms with Gasteiger partial charge in [0.1, 0.15) is 11.6 Å². The number of hydrogen-bond donors (Lipinski definition) is 2. The summed E-state index contributed by atoms with van der Waals surface area (Å²) in [5, 5.41) is 13.8. The van der Waals surface area contributed by atoms with Gasteiger partial charge in [0.25, 0.3) is 5.91 Å². The van der Waals surface area contributed by atoms with Gasteiger partial charge in [0.15, 0.2) is 5.69 Å². The average Bonchev–Trinajstić information content (AvgIpc) is 2.55. The van der Waals surface area contributed by atoms with Gasteiger partial charge in [-0.25, -0.2) is 4.39 Å². The Morgan fingerprint density at radius 2 is 1.87 bits per heavy atom. The highest BCUT2D eigenvalue weighted by Gasteiger charge is 2.08. The van der Waals surface area contributed by atoms with Crippen LogP contribution in [0.5, 0.6) is 0 Å². The monoisotopic (exact) mass is 316 g/mol. The summed E-state index contributed by atoms with van der Waals surface area (Å²) >= 11 is 0. The van der Waals surface area contributed by atoms with Crippen LogP contribution in [0.25, 0.3) is 0 Å². The minimum atomic E-state index is -0.237. The van der Waals surface area contributed by atoms with Gasteiger partial charge >= 0.3 is 0 Å². The van der Waals surface area contributed by atoms with Crippen molar-refractivity contribution >= 4 is 11.7 Å². The maximum absolute atomic E-state index is 12.8. The third kappa shape index (κ3) is 5.65. The second kappa shape index (κ2) is 8.22. The summed E-state index contributed by atoms with van der Waals surface area (Å²) in [6.07, 6.45) is 0.749. The summed E-state index contributed by atoms with van der Waals surface area (Å²) < 4.78 is 12.8. The summed E-state index contributed by atoms with van der Waals surface area (Å²) in [4.78, 5) is 11.8. The van der Waals surface area contributed by atoms with Crippen molar-refractivity contribution in [1.29, 1.82) is 0 Å². The first-order valence-electron chi connectivity index (χ1n) is 7.65. The van der Waals surface area contributed by atoms with E-state index in [2.05, 4.69) is 20.8 Å². The number of anilines is 1. The van der Waals surface area contributed by atoms with Gasteiger partial charge in [-0.1, -0.05) is 26.0 Å². The van der Waals surface area contributed by atoms with Crippen LogP contribution in [0, 0.1) is 11.7 Å². The molecule has 0 aliphatic rings. The summed E-state index contributed by atoms with van der Waals surface area (Å²) in [6.45, 7) is 5.32. The van der Waals surface area contributed by atoms with E-state index in [1.165, 1.54) is 12.1 Å². The molecule has 0 radical (unpaired) electrons. The van der Waals surface area contributed by atoms with Gasteiger partial charge in [0.05, 0.1) is 0 Å². The zero-order valence-electron chi connectivity index (χ0n) is 13.3. The quantitative estimate of drug-likeness (QED) is 0.824. The largest absolute Gasteiger partial charge is 0.368 e. The Morgan fingerprint density at radius 3 is 2.48 bits per heavy atom. The molecule has 2 rings (SSSR count). The molecule has 1 heterocycles. The second-order valence-corrected chi connectivity index (χ2v) is 5.71. The molecule has 2 N–H and O–H groups in total. The number of aromatic nitrogens is 2. The highest BCUT2D eigenvalue weighted by Crippen LogP contribution is 2.06. The molecule has 0 unspecified atom stereocenters. The molecule has 0 saturated carbocycles. The smallest absolute Gasteiger partial charge is 0.271 e. The van der Waals surface area contributed by atoms with Crippen molar-refractivity contribution in [2.24, 2.45) is 5.92 Å². The minimum Gasteiger partial charge on any atom is -0.368 e. The Kier molecular flexibility index (Phi) is 6.02. The van der Waals surface area contributed by atoms with Crippen molar-refractivity contribution in [3.63, 3.8) is 0 Å². The van der Waals surface area contributed by atoms with Crippen LogP contribution in [-0.2, 0) is 6.42 Å². The van der Waals surface area contributed by atoms with E-state index in [1.54, 1.807) is 24.3 Å². The number of nitrogens with one attached hydrogen (secondary N) is 2.